The van der Waals surface area contributed by atoms with Gasteiger partial charge in [-0.1, -0.05) is 53.9 Å². The van der Waals surface area contributed by atoms with Crippen molar-refractivity contribution in [2.75, 3.05) is 0 Å². The first-order chi connectivity index (χ1) is 14.0. The third-order valence-corrected chi connectivity index (χ3v) is 11.5. The average Bonchev–Trinajstić information content (AvgIpc) is 3.01. The highest BCUT2D eigenvalue weighted by Crippen LogP contribution is 2.69. The van der Waals surface area contributed by atoms with Gasteiger partial charge < -0.3 is 10.2 Å². The minimum atomic E-state index is -0.900. The molecule has 0 saturated heterocycles. The number of aliphatic hydroxyl groups excluding tert-OH is 1. The summed E-state index contributed by atoms with van der Waals surface area (Å²) in [5.41, 5.74) is -0.581. The van der Waals surface area contributed by atoms with Gasteiger partial charge in [-0.15, -0.1) is 11.6 Å². The summed E-state index contributed by atoms with van der Waals surface area (Å²) in [5.74, 6) is 4.48. The highest BCUT2D eigenvalue weighted by Gasteiger charge is 2.67. The van der Waals surface area contributed by atoms with Crippen molar-refractivity contribution in [3.8, 4) is 0 Å². The number of hydrogen-bond acceptors (Lipinski definition) is 2. The van der Waals surface area contributed by atoms with Gasteiger partial charge in [0.2, 0.25) is 0 Å². The number of rotatable bonds is 5. The lowest BCUT2D eigenvalue weighted by molar-refractivity contribution is -0.217. The second-order valence-corrected chi connectivity index (χ2v) is 13.4. The number of hydrogen-bond donors (Lipinski definition) is 2. The Bertz CT molecular complexity index is 622. The third-order valence-electron chi connectivity index (χ3n) is 11.0. The Hall–Kier alpha value is 0.210. The number of fused-ring (bicyclic) bond motifs is 5. The average molecular weight is 439 g/mol. The molecule has 4 fully saturated rings. The van der Waals surface area contributed by atoms with Crippen molar-refractivity contribution in [2.24, 2.45) is 46.3 Å². The molecule has 0 amide bonds. The second-order valence-electron chi connectivity index (χ2n) is 12.8. The fourth-order valence-corrected chi connectivity index (χ4v) is 9.78. The molecule has 0 bridgehead atoms. The van der Waals surface area contributed by atoms with Gasteiger partial charge in [0.15, 0.2) is 0 Å². The van der Waals surface area contributed by atoms with Crippen LogP contribution in [0.1, 0.15) is 105 Å². The zero-order chi connectivity index (χ0) is 21.9. The number of alkyl halides is 1. The molecule has 30 heavy (non-hydrogen) atoms. The van der Waals surface area contributed by atoms with Gasteiger partial charge in [-0.3, -0.25) is 0 Å². The van der Waals surface area contributed by atoms with Crippen LogP contribution in [0.4, 0.5) is 0 Å². The zero-order valence-corrected chi connectivity index (χ0v) is 20.9. The molecule has 3 heteroatoms. The van der Waals surface area contributed by atoms with E-state index < -0.39 is 11.7 Å². The normalized spacial score (nSPS) is 51.9. The van der Waals surface area contributed by atoms with Crippen molar-refractivity contribution in [3.05, 3.63) is 0 Å². The van der Waals surface area contributed by atoms with Crippen LogP contribution in [-0.2, 0) is 0 Å². The Kier molecular flexibility index (Phi) is 6.40. The molecule has 0 radical (unpaired) electrons. The molecule has 0 aromatic carbocycles. The van der Waals surface area contributed by atoms with Gasteiger partial charge in [0.25, 0.3) is 0 Å². The first-order valence-electron chi connectivity index (χ1n) is 13.1. The maximum atomic E-state index is 11.7. The fourth-order valence-electron chi connectivity index (χ4n) is 9.24. The molecule has 4 aliphatic rings. The van der Waals surface area contributed by atoms with Crippen LogP contribution in [0, 0.1) is 46.3 Å². The van der Waals surface area contributed by atoms with Crippen molar-refractivity contribution in [1.82, 2.24) is 0 Å². The van der Waals surface area contributed by atoms with Gasteiger partial charge in [0.1, 0.15) is 0 Å². The van der Waals surface area contributed by atoms with Gasteiger partial charge in [-0.25, -0.2) is 0 Å². The van der Waals surface area contributed by atoms with E-state index in [2.05, 4.69) is 34.6 Å². The van der Waals surface area contributed by atoms with Crippen LogP contribution in [0.15, 0.2) is 0 Å². The Morgan fingerprint density at radius 3 is 2.40 bits per heavy atom. The number of aliphatic hydroxyl groups is 2. The van der Waals surface area contributed by atoms with Crippen molar-refractivity contribution in [3.63, 3.8) is 0 Å². The van der Waals surface area contributed by atoms with Crippen LogP contribution >= 0.6 is 11.6 Å². The van der Waals surface area contributed by atoms with Crippen LogP contribution in [-0.4, -0.2) is 27.3 Å². The Balaban J connectivity index is 1.53. The van der Waals surface area contributed by atoms with Crippen LogP contribution in [0.2, 0.25) is 0 Å². The Morgan fingerprint density at radius 2 is 1.70 bits per heavy atom. The minimum absolute atomic E-state index is 0.135. The molecule has 0 spiro atoms. The molecule has 2 N–H and O–H groups in total. The minimum Gasteiger partial charge on any atom is -0.393 e. The smallest absolute Gasteiger partial charge is 0.0891 e. The van der Waals surface area contributed by atoms with Gasteiger partial charge in [-0.05, 0) is 85.9 Å². The highest BCUT2D eigenvalue weighted by molar-refractivity contribution is 6.21. The predicted molar refractivity (Wildman–Crippen MR) is 126 cm³/mol. The maximum Gasteiger partial charge on any atom is 0.0891 e. The monoisotopic (exact) mass is 438 g/mol. The molecule has 174 valence electrons. The lowest BCUT2D eigenvalue weighted by atomic mass is 9.43. The molecule has 0 heterocycles. The van der Waals surface area contributed by atoms with Crippen LogP contribution < -0.4 is 0 Å². The third kappa shape index (κ3) is 3.50. The molecule has 0 unspecified atom stereocenters. The fraction of sp³-hybridized carbons (Fsp3) is 1.00. The van der Waals surface area contributed by atoms with Gasteiger partial charge in [0.05, 0.1) is 17.1 Å². The standard InChI is InChI=1S/C27H47ClO2/c1-17(2)7-6-8-18(3)21-9-10-22-20-15-24(28)27(30)16-19(29)11-14-26(27,5)23(20)12-13-25(21,22)4/h17-24,29-30H,6-16H2,1-5H3/t18-,19+,20+,21-,22+,23+,24+,25-,26-,27-/m1/s1. The largest absolute Gasteiger partial charge is 0.393 e. The van der Waals surface area contributed by atoms with Crippen LogP contribution in [0.25, 0.3) is 0 Å². The maximum absolute atomic E-state index is 11.7. The van der Waals surface area contributed by atoms with Crippen molar-refractivity contribution < 1.29 is 10.2 Å². The van der Waals surface area contributed by atoms with E-state index in [0.29, 0.717) is 23.7 Å². The quantitative estimate of drug-likeness (QED) is 0.463. The highest BCUT2D eigenvalue weighted by atomic mass is 35.5. The van der Waals surface area contributed by atoms with E-state index in [1.54, 1.807) is 0 Å². The molecule has 4 aliphatic carbocycles. The van der Waals surface area contributed by atoms with Gasteiger partial charge in [0, 0.05) is 11.8 Å². The van der Waals surface area contributed by atoms with E-state index in [0.717, 1.165) is 42.9 Å². The molecule has 4 saturated carbocycles. The van der Waals surface area contributed by atoms with Crippen molar-refractivity contribution in [1.29, 1.82) is 0 Å². The van der Waals surface area contributed by atoms with E-state index in [4.69, 9.17) is 11.6 Å². The van der Waals surface area contributed by atoms with Crippen LogP contribution in [0.3, 0.4) is 0 Å². The SMILES string of the molecule is CC(C)CCC[C@@H](C)[C@H]1CC[C@H]2[C@@H]3C[C@H](Cl)[C@]4(O)C[C@@H](O)CC[C@]4(C)[C@H]3CC[C@]12C. The summed E-state index contributed by atoms with van der Waals surface area (Å²) in [5, 5.41) is 21.8. The molecule has 2 nitrogen and oxygen atoms in total. The van der Waals surface area contributed by atoms with E-state index in [-0.39, 0.29) is 10.8 Å². The topological polar surface area (TPSA) is 40.5 Å². The summed E-state index contributed by atoms with van der Waals surface area (Å²) in [6, 6.07) is 0. The predicted octanol–water partition coefficient (Wildman–Crippen LogP) is 6.80. The van der Waals surface area contributed by atoms with Gasteiger partial charge in [-0.2, -0.15) is 0 Å². The molecule has 10 atom stereocenters. The van der Waals surface area contributed by atoms with Gasteiger partial charge >= 0.3 is 0 Å². The molecular formula is C27H47ClO2. The van der Waals surface area contributed by atoms with Crippen molar-refractivity contribution in [2.45, 2.75) is 122 Å². The summed E-state index contributed by atoms with van der Waals surface area (Å²) in [4.78, 5) is 0. The Labute approximate surface area is 190 Å². The molecular weight excluding hydrogens is 392 g/mol. The second kappa shape index (κ2) is 8.21. The zero-order valence-electron chi connectivity index (χ0n) is 20.2. The molecule has 4 rings (SSSR count). The summed E-state index contributed by atoms with van der Waals surface area (Å²) in [6.45, 7) is 12.1. The Morgan fingerprint density at radius 1 is 0.967 bits per heavy atom. The number of halogens is 1. The summed E-state index contributed by atoms with van der Waals surface area (Å²) in [7, 11) is 0. The summed E-state index contributed by atoms with van der Waals surface area (Å²) in [6.07, 6.45) is 12.2. The molecule has 0 aliphatic heterocycles. The first-order valence-corrected chi connectivity index (χ1v) is 13.5. The van der Waals surface area contributed by atoms with E-state index >= 15 is 0 Å². The summed E-state index contributed by atoms with van der Waals surface area (Å²) >= 11 is 6.98. The van der Waals surface area contributed by atoms with E-state index in [1.165, 1.54) is 44.9 Å². The van der Waals surface area contributed by atoms with E-state index in [9.17, 15) is 10.2 Å². The molecule has 0 aromatic heterocycles. The first kappa shape index (κ1) is 23.4. The van der Waals surface area contributed by atoms with E-state index in [1.807, 2.05) is 0 Å². The van der Waals surface area contributed by atoms with Crippen molar-refractivity contribution >= 4 is 11.6 Å². The van der Waals surface area contributed by atoms with Crippen LogP contribution in [0.5, 0.6) is 0 Å². The summed E-state index contributed by atoms with van der Waals surface area (Å²) < 4.78 is 0. The molecule has 0 aromatic rings. The lowest BCUT2D eigenvalue weighted by Gasteiger charge is -2.65. The lowest BCUT2D eigenvalue weighted by Crippen LogP contribution is -2.67.